The lowest BCUT2D eigenvalue weighted by Gasteiger charge is -2.35. The van der Waals surface area contributed by atoms with E-state index in [0.29, 0.717) is 17.5 Å². The Balaban J connectivity index is 3.44. The van der Waals surface area contributed by atoms with Gasteiger partial charge in [0, 0.05) is 6.42 Å². The molecule has 0 aliphatic carbocycles. The molecule has 0 amide bonds. The highest BCUT2D eigenvalue weighted by Gasteiger charge is 2.41. The van der Waals surface area contributed by atoms with Gasteiger partial charge in [-0.15, -0.1) is 6.58 Å². The average Bonchev–Trinajstić information content (AvgIpc) is 2.84. The van der Waals surface area contributed by atoms with Crippen molar-refractivity contribution in [1.29, 1.82) is 0 Å². The van der Waals surface area contributed by atoms with E-state index >= 15 is 0 Å². The molecule has 37 heavy (non-hydrogen) atoms. The van der Waals surface area contributed by atoms with E-state index in [1.165, 1.54) is 116 Å². The molecule has 0 aliphatic heterocycles. The van der Waals surface area contributed by atoms with Crippen LogP contribution < -0.4 is 0 Å². The average molecular weight is 543 g/mol. The van der Waals surface area contributed by atoms with E-state index in [-0.39, 0.29) is 5.78 Å². The van der Waals surface area contributed by atoms with Gasteiger partial charge in [0.1, 0.15) is 0 Å². The van der Waals surface area contributed by atoms with E-state index in [1.807, 2.05) is 27.2 Å². The van der Waals surface area contributed by atoms with Crippen LogP contribution in [-0.2, 0) is 9.09 Å². The fraction of sp³-hybridized carbons (Fsp3) is 0.875. The molecule has 0 saturated heterocycles. The Bertz CT molecular complexity index is 585. The Hall–Kier alpha value is -0.410. The third-order valence-corrected chi connectivity index (χ3v) is 9.56. The molecular weight excluding hydrogens is 477 g/mol. The monoisotopic (exact) mass is 542 g/mol. The van der Waals surface area contributed by atoms with Crippen LogP contribution in [0.25, 0.3) is 0 Å². The highest BCUT2D eigenvalue weighted by molar-refractivity contribution is 7.53. The molecule has 220 valence electrons. The lowest BCUT2D eigenvalue weighted by Crippen LogP contribution is -2.45. The number of hydrogen-bond acceptors (Lipinski definition) is 2. The third-order valence-electron chi connectivity index (χ3n) is 7.30. The molecule has 0 fully saturated rings. The van der Waals surface area contributed by atoms with E-state index in [2.05, 4.69) is 25.7 Å². The molecule has 0 saturated carbocycles. The topological polar surface area (TPSA) is 46.5 Å². The molecule has 0 heterocycles. The molecule has 2 unspecified atom stereocenters. The van der Waals surface area contributed by atoms with Gasteiger partial charge in [-0.1, -0.05) is 109 Å². The van der Waals surface area contributed by atoms with Gasteiger partial charge < -0.3 is 13.9 Å². The molecule has 0 radical (unpaired) electrons. The summed E-state index contributed by atoms with van der Waals surface area (Å²) in [4.78, 5) is 10.4. The minimum Gasteiger partial charge on any atom is -0.320 e. The van der Waals surface area contributed by atoms with Gasteiger partial charge in [-0.2, -0.15) is 0 Å². The number of nitrogens with zero attached hydrogens (tertiary/aromatic N) is 1. The summed E-state index contributed by atoms with van der Waals surface area (Å²) in [5, 5.41) is 0. The zero-order valence-corrected chi connectivity index (χ0v) is 26.3. The van der Waals surface area contributed by atoms with Crippen molar-refractivity contribution in [1.82, 2.24) is 0 Å². The molecule has 0 aromatic carbocycles. The molecule has 1 N–H and O–H groups in total. The first kappa shape index (κ1) is 36.6. The number of allylic oxidation sites excluding steroid dienone is 3. The van der Waals surface area contributed by atoms with Crippen molar-refractivity contribution in [3.63, 3.8) is 0 Å². The van der Waals surface area contributed by atoms with Crippen LogP contribution in [0.5, 0.6) is 0 Å². The molecule has 0 spiro atoms. The van der Waals surface area contributed by atoms with Crippen LogP contribution in [0.1, 0.15) is 148 Å². The van der Waals surface area contributed by atoms with E-state index in [9.17, 15) is 9.46 Å². The Morgan fingerprint density at radius 3 is 1.46 bits per heavy atom. The van der Waals surface area contributed by atoms with E-state index in [0.717, 1.165) is 19.3 Å². The van der Waals surface area contributed by atoms with Crippen LogP contribution in [0.4, 0.5) is 0 Å². The quantitative estimate of drug-likeness (QED) is 0.0463. The van der Waals surface area contributed by atoms with Gasteiger partial charge >= 0.3 is 7.60 Å². The minimum atomic E-state index is -3.57. The number of quaternary nitrogens is 1. The van der Waals surface area contributed by atoms with Crippen LogP contribution in [0.3, 0.4) is 0 Å². The molecule has 4 nitrogen and oxygen atoms in total. The van der Waals surface area contributed by atoms with Crippen molar-refractivity contribution in [2.45, 2.75) is 154 Å². The second kappa shape index (κ2) is 24.6. The lowest BCUT2D eigenvalue weighted by atomic mass is 10.1. The van der Waals surface area contributed by atoms with Gasteiger partial charge in [-0.3, -0.25) is 4.57 Å². The Kier molecular flexibility index (Phi) is 24.3. The first-order valence-electron chi connectivity index (χ1n) is 15.8. The van der Waals surface area contributed by atoms with Crippen molar-refractivity contribution in [2.24, 2.45) is 0 Å². The summed E-state index contributed by atoms with van der Waals surface area (Å²) in [6.45, 7) is 6.24. The maximum Gasteiger partial charge on any atom is 0.385 e. The largest absolute Gasteiger partial charge is 0.385 e. The summed E-state index contributed by atoms with van der Waals surface area (Å²) in [7, 11) is 2.35. The Morgan fingerprint density at radius 1 is 0.703 bits per heavy atom. The first-order chi connectivity index (χ1) is 17.8. The van der Waals surface area contributed by atoms with Crippen molar-refractivity contribution in [3.05, 3.63) is 24.8 Å². The highest BCUT2D eigenvalue weighted by atomic mass is 31.2. The predicted octanol–water partition coefficient (Wildman–Crippen LogP) is 10.6. The lowest BCUT2D eigenvalue weighted by molar-refractivity contribution is -0.883. The molecule has 0 aromatic rings. The van der Waals surface area contributed by atoms with Gasteiger partial charge in [0.05, 0.1) is 27.7 Å². The summed E-state index contributed by atoms with van der Waals surface area (Å²) >= 11 is 0. The predicted molar refractivity (Wildman–Crippen MR) is 164 cm³/mol. The van der Waals surface area contributed by atoms with Gasteiger partial charge in [-0.25, -0.2) is 0 Å². The zero-order chi connectivity index (χ0) is 27.7. The van der Waals surface area contributed by atoms with Crippen molar-refractivity contribution in [2.75, 3.05) is 27.7 Å². The van der Waals surface area contributed by atoms with Crippen LogP contribution in [-0.4, -0.2) is 42.9 Å². The van der Waals surface area contributed by atoms with Crippen LogP contribution in [0.2, 0.25) is 0 Å². The summed E-state index contributed by atoms with van der Waals surface area (Å²) < 4.78 is 18.7. The van der Waals surface area contributed by atoms with E-state index in [1.54, 1.807) is 0 Å². The SMILES string of the molecule is C=CCCCCCCCCCCCC=CCCCCCCCCCCOP(=O)(O)C(CCC)[N+](C)(C)C. The normalized spacial score (nSPS) is 14.7. The summed E-state index contributed by atoms with van der Waals surface area (Å²) in [5.41, 5.74) is 0. The first-order valence-corrected chi connectivity index (χ1v) is 17.4. The molecule has 2 atom stereocenters. The fourth-order valence-corrected chi connectivity index (χ4v) is 7.00. The molecule has 0 aliphatic rings. The highest BCUT2D eigenvalue weighted by Crippen LogP contribution is 2.51. The summed E-state index contributed by atoms with van der Waals surface area (Å²) in [5.74, 6) is -0.338. The van der Waals surface area contributed by atoms with Crippen LogP contribution in [0.15, 0.2) is 24.8 Å². The second-order valence-corrected chi connectivity index (χ2v) is 13.9. The standard InChI is InChI=1S/C32H64NO3P/c1-6-8-9-10-11-12-13-14-15-16-17-18-19-20-21-22-23-24-25-26-27-28-29-31-36-37(34,35)32(30-7-2)33(3,4)5/h6,19-20,32H,1,7-18,21-31H2,2-5H3/p+1. The van der Waals surface area contributed by atoms with E-state index < -0.39 is 7.60 Å². The molecule has 0 aromatic heterocycles. The minimum absolute atomic E-state index is 0.338. The second-order valence-electron chi connectivity index (χ2n) is 11.9. The maximum absolute atomic E-state index is 12.7. The number of rotatable bonds is 28. The van der Waals surface area contributed by atoms with Crippen molar-refractivity contribution in [3.8, 4) is 0 Å². The van der Waals surface area contributed by atoms with Gasteiger partial charge in [0.25, 0.3) is 0 Å². The summed E-state index contributed by atoms with van der Waals surface area (Å²) in [6.07, 6.45) is 34.3. The van der Waals surface area contributed by atoms with Crippen molar-refractivity contribution >= 4 is 7.60 Å². The molecule has 5 heteroatoms. The summed E-state index contributed by atoms with van der Waals surface area (Å²) in [6, 6.07) is 0. The Morgan fingerprint density at radius 2 is 1.08 bits per heavy atom. The van der Waals surface area contributed by atoms with Gasteiger partial charge in [0.15, 0.2) is 5.78 Å². The number of hydrogen-bond donors (Lipinski definition) is 1. The zero-order valence-electron chi connectivity index (χ0n) is 25.4. The third kappa shape index (κ3) is 23.2. The molecule has 0 bridgehead atoms. The van der Waals surface area contributed by atoms with Crippen LogP contribution >= 0.6 is 7.60 Å². The Labute approximate surface area is 232 Å². The van der Waals surface area contributed by atoms with Crippen molar-refractivity contribution < 1.29 is 18.5 Å². The molecular formula is C32H65NO3P+. The van der Waals surface area contributed by atoms with Crippen LogP contribution in [0, 0.1) is 0 Å². The van der Waals surface area contributed by atoms with E-state index in [4.69, 9.17) is 4.52 Å². The smallest absolute Gasteiger partial charge is 0.320 e. The van der Waals surface area contributed by atoms with Gasteiger partial charge in [0.2, 0.25) is 0 Å². The fourth-order valence-electron chi connectivity index (χ4n) is 4.98. The number of unbranched alkanes of at least 4 members (excludes halogenated alkanes) is 18. The molecule has 0 rings (SSSR count). The van der Waals surface area contributed by atoms with Gasteiger partial charge in [-0.05, 0) is 51.4 Å². The maximum atomic E-state index is 12.7.